The van der Waals surface area contributed by atoms with Crippen molar-refractivity contribution in [3.63, 3.8) is 0 Å². The van der Waals surface area contributed by atoms with Crippen molar-refractivity contribution < 1.29 is 4.79 Å². The number of nitrogens with one attached hydrogen (secondary N) is 2. The van der Waals surface area contributed by atoms with Crippen LogP contribution in [-0.4, -0.2) is 11.5 Å². The lowest BCUT2D eigenvalue weighted by atomic mass is 10.0. The van der Waals surface area contributed by atoms with E-state index >= 15 is 0 Å². The Hall–Kier alpha value is -4.43. The highest BCUT2D eigenvalue weighted by Gasteiger charge is 2.19. The van der Waals surface area contributed by atoms with Crippen molar-refractivity contribution >= 4 is 28.6 Å². The Bertz CT molecular complexity index is 1270. The van der Waals surface area contributed by atoms with E-state index in [0.717, 1.165) is 17.1 Å². The van der Waals surface area contributed by atoms with Crippen LogP contribution in [-0.2, 0) is 4.79 Å². The first-order chi connectivity index (χ1) is 16.4. The molecule has 1 aliphatic rings. The molecule has 34 heavy (non-hydrogen) atoms. The van der Waals surface area contributed by atoms with Crippen molar-refractivity contribution in [1.29, 1.82) is 5.26 Å². The molecule has 5 heteroatoms. The SMILES string of the molecule is CC#N.Cc1ccc(N=C2C=C(Nc3ccc(C)cc3)C(=O)C=C2Nc2ccc(C)cc2)cc1. The van der Waals surface area contributed by atoms with Gasteiger partial charge in [-0.2, -0.15) is 5.26 Å². The number of hydrogen-bond acceptors (Lipinski definition) is 5. The molecule has 3 aromatic rings. The number of hydrogen-bond donors (Lipinski definition) is 2. The highest BCUT2D eigenvalue weighted by Crippen LogP contribution is 2.23. The molecule has 0 radical (unpaired) electrons. The molecular weight excluding hydrogens is 420 g/mol. The van der Waals surface area contributed by atoms with E-state index in [2.05, 4.69) is 10.6 Å². The van der Waals surface area contributed by atoms with Gasteiger partial charge in [0.1, 0.15) is 0 Å². The average Bonchev–Trinajstić information content (AvgIpc) is 2.81. The fraction of sp³-hybridized carbons (Fsp3) is 0.138. The van der Waals surface area contributed by atoms with Crippen LogP contribution in [0, 0.1) is 32.1 Å². The minimum Gasteiger partial charge on any atom is -0.354 e. The molecule has 170 valence electrons. The van der Waals surface area contributed by atoms with Crippen LogP contribution in [0.1, 0.15) is 23.6 Å². The topological polar surface area (TPSA) is 77.3 Å². The van der Waals surface area contributed by atoms with E-state index in [1.165, 1.54) is 23.6 Å². The summed E-state index contributed by atoms with van der Waals surface area (Å²) < 4.78 is 0. The van der Waals surface area contributed by atoms with Crippen molar-refractivity contribution in [2.24, 2.45) is 4.99 Å². The Balaban J connectivity index is 0.00000103. The molecule has 0 aromatic heterocycles. The van der Waals surface area contributed by atoms with Gasteiger partial charge in [-0.1, -0.05) is 53.1 Å². The number of aryl methyl sites for hydroxylation is 3. The fourth-order valence-electron chi connectivity index (χ4n) is 3.20. The van der Waals surface area contributed by atoms with Crippen molar-refractivity contribution in [3.05, 3.63) is 113 Å². The Kier molecular flexibility index (Phi) is 8.15. The van der Waals surface area contributed by atoms with E-state index in [9.17, 15) is 4.79 Å². The first-order valence-corrected chi connectivity index (χ1v) is 11.0. The third kappa shape index (κ3) is 6.78. The highest BCUT2D eigenvalue weighted by atomic mass is 16.1. The van der Waals surface area contributed by atoms with Crippen molar-refractivity contribution in [2.75, 3.05) is 10.6 Å². The van der Waals surface area contributed by atoms with E-state index in [-0.39, 0.29) is 5.78 Å². The van der Waals surface area contributed by atoms with Gasteiger partial charge in [-0.15, -0.1) is 0 Å². The summed E-state index contributed by atoms with van der Waals surface area (Å²) in [5, 5.41) is 13.9. The van der Waals surface area contributed by atoms with Gasteiger partial charge in [0.2, 0.25) is 5.78 Å². The summed E-state index contributed by atoms with van der Waals surface area (Å²) in [6.07, 6.45) is 3.40. The summed E-state index contributed by atoms with van der Waals surface area (Å²) >= 11 is 0. The predicted molar refractivity (Wildman–Crippen MR) is 140 cm³/mol. The molecule has 5 nitrogen and oxygen atoms in total. The van der Waals surface area contributed by atoms with Crippen molar-refractivity contribution in [2.45, 2.75) is 27.7 Å². The smallest absolute Gasteiger partial charge is 0.204 e. The van der Waals surface area contributed by atoms with Crippen LogP contribution in [0.3, 0.4) is 0 Å². The maximum Gasteiger partial charge on any atom is 0.204 e. The summed E-state index contributed by atoms with van der Waals surface area (Å²) in [6, 6.07) is 25.8. The first kappa shape index (κ1) is 24.2. The lowest BCUT2D eigenvalue weighted by Crippen LogP contribution is -2.22. The third-order valence-corrected chi connectivity index (χ3v) is 5.04. The van der Waals surface area contributed by atoms with Gasteiger partial charge in [0.05, 0.1) is 28.9 Å². The molecule has 0 saturated heterocycles. The van der Waals surface area contributed by atoms with Crippen molar-refractivity contribution in [3.8, 4) is 6.07 Å². The largest absolute Gasteiger partial charge is 0.354 e. The number of nitrogens with zero attached hydrogens (tertiary/aromatic N) is 2. The summed E-state index contributed by atoms with van der Waals surface area (Å²) in [5.41, 5.74) is 7.98. The Morgan fingerprint density at radius 3 is 1.56 bits per heavy atom. The number of carbonyl (C=O) groups is 1. The molecule has 1 aliphatic carbocycles. The maximum atomic E-state index is 12.9. The molecule has 0 unspecified atom stereocenters. The first-order valence-electron chi connectivity index (χ1n) is 11.0. The number of nitriles is 1. The van der Waals surface area contributed by atoms with E-state index in [4.69, 9.17) is 10.3 Å². The zero-order valence-electron chi connectivity index (χ0n) is 19.9. The number of aliphatic imine (C=N–C) groups is 1. The monoisotopic (exact) mass is 448 g/mol. The van der Waals surface area contributed by atoms with Gasteiger partial charge in [-0.25, -0.2) is 4.99 Å². The Labute approximate surface area is 201 Å². The van der Waals surface area contributed by atoms with Crippen LogP contribution >= 0.6 is 0 Å². The number of rotatable bonds is 5. The zero-order valence-corrected chi connectivity index (χ0v) is 19.9. The maximum absolute atomic E-state index is 12.9. The molecule has 2 N–H and O–H groups in total. The molecule has 4 rings (SSSR count). The summed E-state index contributed by atoms with van der Waals surface area (Å²) in [5.74, 6) is -0.0990. The van der Waals surface area contributed by atoms with Gasteiger partial charge in [0, 0.05) is 24.4 Å². The van der Waals surface area contributed by atoms with E-state index < -0.39 is 0 Å². The van der Waals surface area contributed by atoms with Gasteiger partial charge < -0.3 is 10.6 Å². The van der Waals surface area contributed by atoms with Crippen LogP contribution in [0.2, 0.25) is 0 Å². The summed E-state index contributed by atoms with van der Waals surface area (Å²) in [4.78, 5) is 17.7. The molecule has 0 spiro atoms. The zero-order chi connectivity index (χ0) is 24.5. The van der Waals surface area contributed by atoms with E-state index in [0.29, 0.717) is 17.1 Å². The molecule has 0 atom stereocenters. The second-order valence-corrected chi connectivity index (χ2v) is 8.02. The number of ketones is 1. The molecule has 0 saturated carbocycles. The summed E-state index contributed by atoms with van der Waals surface area (Å²) in [7, 11) is 0. The van der Waals surface area contributed by atoms with E-state index in [1.54, 1.807) is 18.2 Å². The van der Waals surface area contributed by atoms with Gasteiger partial charge in [0.25, 0.3) is 0 Å². The van der Waals surface area contributed by atoms with Crippen LogP contribution in [0.4, 0.5) is 17.1 Å². The number of carbonyl (C=O) groups excluding carboxylic acids is 1. The second kappa shape index (κ2) is 11.4. The number of allylic oxidation sites excluding steroid dienone is 2. The lowest BCUT2D eigenvalue weighted by Gasteiger charge is -2.18. The van der Waals surface area contributed by atoms with Crippen LogP contribution in [0.25, 0.3) is 0 Å². The molecule has 0 fully saturated rings. The van der Waals surface area contributed by atoms with Crippen LogP contribution in [0.15, 0.2) is 101 Å². The molecule has 0 aliphatic heterocycles. The van der Waals surface area contributed by atoms with Crippen molar-refractivity contribution in [1.82, 2.24) is 0 Å². The number of anilines is 2. The molecule has 3 aromatic carbocycles. The van der Waals surface area contributed by atoms with Gasteiger partial charge in [-0.3, -0.25) is 4.79 Å². The molecular formula is C29H28N4O. The Morgan fingerprint density at radius 1 is 0.676 bits per heavy atom. The van der Waals surface area contributed by atoms with E-state index in [1.807, 2.05) is 93.6 Å². The van der Waals surface area contributed by atoms with Gasteiger partial charge in [-0.05, 0) is 63.2 Å². The standard InChI is InChI=1S/C27H25N3O.C2H3N/c1-18-4-10-21(11-5-18)28-24-16-26(30-23-14-8-20(3)9-15-23)27(31)17-25(24)29-22-12-6-19(2)7-13-22;1-2-3/h4-17,29-30H,1-3H3;1H3. The minimum absolute atomic E-state index is 0.0990. The van der Waals surface area contributed by atoms with Gasteiger partial charge in [0.15, 0.2) is 0 Å². The second-order valence-electron chi connectivity index (χ2n) is 8.02. The predicted octanol–water partition coefficient (Wildman–Crippen LogP) is 6.79. The fourth-order valence-corrected chi connectivity index (χ4v) is 3.20. The Morgan fingerprint density at radius 2 is 1.09 bits per heavy atom. The minimum atomic E-state index is -0.0990. The lowest BCUT2D eigenvalue weighted by molar-refractivity contribution is -0.111. The quantitative estimate of drug-likeness (QED) is 0.421. The molecule has 0 heterocycles. The third-order valence-electron chi connectivity index (χ3n) is 5.04. The average molecular weight is 449 g/mol. The van der Waals surface area contributed by atoms with Gasteiger partial charge >= 0.3 is 0 Å². The van der Waals surface area contributed by atoms with Crippen LogP contribution < -0.4 is 10.6 Å². The normalized spacial score (nSPS) is 13.7. The summed E-state index contributed by atoms with van der Waals surface area (Å²) in [6.45, 7) is 7.56. The molecule has 0 amide bonds. The highest BCUT2D eigenvalue weighted by molar-refractivity contribution is 6.24. The molecule has 0 bridgehead atoms. The van der Waals surface area contributed by atoms with Crippen LogP contribution in [0.5, 0.6) is 0 Å². The number of benzene rings is 3.